The number of thioether (sulfide) groups is 1. The third-order valence-corrected chi connectivity index (χ3v) is 4.97. The van der Waals surface area contributed by atoms with E-state index in [4.69, 9.17) is 5.73 Å². The molecular weight excluding hydrogens is 314 g/mol. The van der Waals surface area contributed by atoms with Crippen molar-refractivity contribution in [2.24, 2.45) is 5.73 Å². The molecule has 0 aromatic heterocycles. The summed E-state index contributed by atoms with van der Waals surface area (Å²) < 4.78 is 0. The molecule has 3 rings (SSSR count). The Balaban J connectivity index is 2.42. The topological polar surface area (TPSA) is 104 Å². The first-order valence-electron chi connectivity index (χ1n) is 7.19. The van der Waals surface area contributed by atoms with E-state index in [1.165, 1.54) is 23.9 Å². The molecular formula is C17H17NO4S. The summed E-state index contributed by atoms with van der Waals surface area (Å²) in [4.78, 5) is 12.8. The molecule has 0 heterocycles. The average molecular weight is 331 g/mol. The predicted octanol–water partition coefficient (Wildman–Crippen LogP) is 2.50. The first-order valence-corrected chi connectivity index (χ1v) is 8.41. The number of nitrogens with two attached hydrogens (primary N) is 1. The van der Waals surface area contributed by atoms with Crippen LogP contribution in [-0.4, -0.2) is 21.6 Å². The number of phenols is 3. The maximum absolute atomic E-state index is 12.3. The highest BCUT2D eigenvalue weighted by atomic mass is 32.2. The summed E-state index contributed by atoms with van der Waals surface area (Å²) in [6.45, 7) is 0. The molecule has 0 saturated heterocycles. The maximum atomic E-state index is 12.3. The second-order valence-corrected chi connectivity index (χ2v) is 6.40. The number of aromatic hydroxyl groups is 3. The van der Waals surface area contributed by atoms with Gasteiger partial charge >= 0.3 is 0 Å². The van der Waals surface area contributed by atoms with Gasteiger partial charge in [-0.1, -0.05) is 6.07 Å². The minimum absolute atomic E-state index is 0.125. The van der Waals surface area contributed by atoms with Crippen LogP contribution >= 0.6 is 11.8 Å². The number of phenolic OH excluding ortho intramolecular Hbond substituents is 3. The first-order chi connectivity index (χ1) is 10.9. The molecule has 2 aromatic carbocycles. The summed E-state index contributed by atoms with van der Waals surface area (Å²) in [7, 11) is 0. The van der Waals surface area contributed by atoms with Crippen LogP contribution in [0, 0.1) is 0 Å². The Bertz CT molecular complexity index is 851. The number of fused-ring (bicyclic) bond motifs is 3. The van der Waals surface area contributed by atoms with Gasteiger partial charge in [0, 0.05) is 11.6 Å². The van der Waals surface area contributed by atoms with Crippen LogP contribution in [0.3, 0.4) is 0 Å². The van der Waals surface area contributed by atoms with Gasteiger partial charge in [-0.3, -0.25) is 4.79 Å². The summed E-state index contributed by atoms with van der Waals surface area (Å²) in [6, 6.07) is 6.01. The van der Waals surface area contributed by atoms with Gasteiger partial charge in [0.2, 0.25) is 5.75 Å². The summed E-state index contributed by atoms with van der Waals surface area (Å²) in [5, 5.41) is 29.9. The molecule has 0 fully saturated rings. The maximum Gasteiger partial charge on any atom is 0.200 e. The van der Waals surface area contributed by atoms with Crippen molar-refractivity contribution in [2.75, 3.05) is 6.26 Å². The van der Waals surface area contributed by atoms with Crippen LogP contribution in [0.4, 0.5) is 0 Å². The minimum Gasteiger partial charge on any atom is -0.504 e. The molecule has 0 bridgehead atoms. The lowest BCUT2D eigenvalue weighted by Crippen LogP contribution is -2.12. The zero-order valence-corrected chi connectivity index (χ0v) is 13.4. The Morgan fingerprint density at radius 1 is 1.17 bits per heavy atom. The number of aryl methyl sites for hydroxylation is 1. The van der Waals surface area contributed by atoms with Gasteiger partial charge in [0.15, 0.2) is 16.9 Å². The Labute approximate surface area is 137 Å². The number of rotatable bonds is 1. The summed E-state index contributed by atoms with van der Waals surface area (Å²) in [5.74, 6) is -1.32. The highest BCUT2D eigenvalue weighted by Crippen LogP contribution is 2.48. The monoisotopic (exact) mass is 331 g/mol. The van der Waals surface area contributed by atoms with E-state index in [1.54, 1.807) is 12.1 Å². The molecule has 0 amide bonds. The molecule has 6 heteroatoms. The van der Waals surface area contributed by atoms with Gasteiger partial charge in [0.1, 0.15) is 0 Å². The van der Waals surface area contributed by atoms with E-state index in [0.717, 1.165) is 0 Å². The van der Waals surface area contributed by atoms with Crippen LogP contribution in [0.2, 0.25) is 0 Å². The minimum atomic E-state index is -0.566. The molecule has 120 valence electrons. The molecule has 5 N–H and O–H groups in total. The molecule has 0 aliphatic heterocycles. The lowest BCUT2D eigenvalue weighted by Gasteiger charge is -2.13. The van der Waals surface area contributed by atoms with Gasteiger partial charge in [0.25, 0.3) is 0 Å². The van der Waals surface area contributed by atoms with E-state index in [2.05, 4.69) is 0 Å². The third kappa shape index (κ3) is 2.54. The van der Waals surface area contributed by atoms with E-state index in [9.17, 15) is 20.1 Å². The van der Waals surface area contributed by atoms with Crippen LogP contribution in [0.25, 0.3) is 11.1 Å². The van der Waals surface area contributed by atoms with Crippen molar-refractivity contribution < 1.29 is 15.3 Å². The fourth-order valence-electron chi connectivity index (χ4n) is 2.99. The largest absolute Gasteiger partial charge is 0.504 e. The van der Waals surface area contributed by atoms with Crippen molar-refractivity contribution in [3.05, 3.63) is 45.6 Å². The average Bonchev–Trinajstić information content (AvgIpc) is 2.76. The standard InChI is InChI=1S/C17H17NO4S/c1-23-14-5-3-9-10(7-12(14)19)11(18)4-2-8-6-13(20)16(21)17(22)15(8)9/h3,5-7,11,20-22H,2,4,18H2,1H3/t11-/m0/s1. The highest BCUT2D eigenvalue weighted by Gasteiger charge is 2.25. The fourth-order valence-corrected chi connectivity index (χ4v) is 3.46. The molecule has 0 spiro atoms. The van der Waals surface area contributed by atoms with Crippen molar-refractivity contribution in [3.8, 4) is 28.4 Å². The Hall–Kier alpha value is -2.18. The molecule has 0 saturated carbocycles. The summed E-state index contributed by atoms with van der Waals surface area (Å²) >= 11 is 1.34. The summed E-state index contributed by atoms with van der Waals surface area (Å²) in [5.41, 5.74) is 8.44. The van der Waals surface area contributed by atoms with Crippen molar-refractivity contribution >= 4 is 11.8 Å². The van der Waals surface area contributed by atoms with Gasteiger partial charge in [-0.2, -0.15) is 0 Å². The second kappa shape index (κ2) is 5.79. The lowest BCUT2D eigenvalue weighted by atomic mass is 9.96. The molecule has 23 heavy (non-hydrogen) atoms. The summed E-state index contributed by atoms with van der Waals surface area (Å²) in [6.07, 6.45) is 2.92. The van der Waals surface area contributed by atoms with Crippen LogP contribution in [0.15, 0.2) is 34.0 Å². The molecule has 5 nitrogen and oxygen atoms in total. The van der Waals surface area contributed by atoms with Crippen LogP contribution in [0.5, 0.6) is 17.2 Å². The Kier molecular flexibility index (Phi) is 3.95. The number of benzene rings is 1. The van der Waals surface area contributed by atoms with E-state index in [0.29, 0.717) is 40.0 Å². The molecule has 1 atom stereocenters. The van der Waals surface area contributed by atoms with E-state index >= 15 is 0 Å². The van der Waals surface area contributed by atoms with Crippen LogP contribution in [-0.2, 0) is 6.42 Å². The third-order valence-electron chi connectivity index (χ3n) is 4.19. The Morgan fingerprint density at radius 2 is 1.91 bits per heavy atom. The van der Waals surface area contributed by atoms with Gasteiger partial charge in [-0.05, 0) is 54.0 Å². The molecule has 1 aliphatic carbocycles. The number of hydrogen-bond donors (Lipinski definition) is 4. The lowest BCUT2D eigenvalue weighted by molar-refractivity contribution is 0.368. The fraction of sp³-hybridized carbons (Fsp3) is 0.235. The molecule has 0 radical (unpaired) electrons. The van der Waals surface area contributed by atoms with E-state index < -0.39 is 5.75 Å². The van der Waals surface area contributed by atoms with Crippen molar-refractivity contribution in [1.29, 1.82) is 0 Å². The van der Waals surface area contributed by atoms with Crippen molar-refractivity contribution in [1.82, 2.24) is 0 Å². The molecule has 1 aliphatic rings. The van der Waals surface area contributed by atoms with Gasteiger partial charge in [-0.25, -0.2) is 0 Å². The zero-order chi connectivity index (χ0) is 16.7. The zero-order valence-electron chi connectivity index (χ0n) is 12.5. The predicted molar refractivity (Wildman–Crippen MR) is 90.2 cm³/mol. The van der Waals surface area contributed by atoms with E-state index in [1.807, 2.05) is 6.26 Å². The van der Waals surface area contributed by atoms with Crippen LogP contribution < -0.4 is 11.2 Å². The molecule has 2 aromatic rings. The highest BCUT2D eigenvalue weighted by molar-refractivity contribution is 7.98. The molecule has 0 unspecified atom stereocenters. The smallest absolute Gasteiger partial charge is 0.200 e. The van der Waals surface area contributed by atoms with E-state index in [-0.39, 0.29) is 23.0 Å². The SMILES string of the molecule is CSc1ccc2c(cc1=O)[C@@H](N)CCc1cc(O)c(O)c(O)c1-2. The second-order valence-electron chi connectivity index (χ2n) is 5.55. The van der Waals surface area contributed by atoms with Gasteiger partial charge in [-0.15, -0.1) is 11.8 Å². The van der Waals surface area contributed by atoms with Crippen molar-refractivity contribution in [3.63, 3.8) is 0 Å². The quantitative estimate of drug-likeness (QED) is 0.473. The van der Waals surface area contributed by atoms with Gasteiger partial charge < -0.3 is 21.1 Å². The Morgan fingerprint density at radius 3 is 2.61 bits per heavy atom. The van der Waals surface area contributed by atoms with Gasteiger partial charge in [0.05, 0.1) is 4.90 Å². The normalized spacial score (nSPS) is 16.3. The van der Waals surface area contributed by atoms with Crippen molar-refractivity contribution in [2.45, 2.75) is 23.8 Å². The first kappa shape index (κ1) is 15.7. The van der Waals surface area contributed by atoms with Crippen LogP contribution in [0.1, 0.15) is 23.6 Å². The number of hydrogen-bond acceptors (Lipinski definition) is 6.